The SMILES string of the molecule is CC#Cc1cc2ccc3c(sc4c5ccc6cc(C#CC)sc6c5sc34)c2s1. The van der Waals surface area contributed by atoms with Crippen molar-refractivity contribution in [2.75, 3.05) is 0 Å². The Kier molecular flexibility index (Phi) is 3.60. The molecule has 0 radical (unpaired) electrons. The number of benzene rings is 2. The van der Waals surface area contributed by atoms with Gasteiger partial charge in [-0.3, -0.25) is 0 Å². The summed E-state index contributed by atoms with van der Waals surface area (Å²) in [5, 5.41) is 5.36. The van der Waals surface area contributed by atoms with Crippen LogP contribution in [-0.2, 0) is 0 Å². The maximum absolute atomic E-state index is 3.22. The molecule has 0 atom stereocenters. The highest BCUT2D eigenvalue weighted by molar-refractivity contribution is 7.40. The molecule has 0 fully saturated rings. The smallest absolute Gasteiger partial charge is 0.0781 e. The minimum absolute atomic E-state index is 1.15. The van der Waals surface area contributed by atoms with E-state index in [4.69, 9.17) is 0 Å². The topological polar surface area (TPSA) is 0 Å². The minimum atomic E-state index is 1.15. The van der Waals surface area contributed by atoms with Gasteiger partial charge in [0.2, 0.25) is 0 Å². The van der Waals surface area contributed by atoms with Crippen LogP contribution >= 0.6 is 45.3 Å². The van der Waals surface area contributed by atoms with Gasteiger partial charge in [-0.1, -0.05) is 36.1 Å². The van der Waals surface area contributed by atoms with E-state index in [1.54, 1.807) is 0 Å². The molecule has 4 heterocycles. The summed E-state index contributed by atoms with van der Waals surface area (Å²) < 4.78 is 8.37. The molecule has 0 saturated heterocycles. The van der Waals surface area contributed by atoms with Gasteiger partial charge in [0.25, 0.3) is 0 Å². The Labute approximate surface area is 178 Å². The van der Waals surface area contributed by atoms with Crippen LogP contribution in [0.4, 0.5) is 0 Å². The Balaban J connectivity index is 1.71. The molecule has 0 spiro atoms. The zero-order valence-electron chi connectivity index (χ0n) is 15.1. The summed E-state index contributed by atoms with van der Waals surface area (Å²) in [6.45, 7) is 3.80. The predicted octanol–water partition coefficient (Wildman–Crippen LogP) is 8.44. The first-order chi connectivity index (χ1) is 13.8. The van der Waals surface area contributed by atoms with Crippen molar-refractivity contribution >= 4 is 95.1 Å². The Morgan fingerprint density at radius 1 is 0.536 bits per heavy atom. The van der Waals surface area contributed by atoms with Gasteiger partial charge in [-0.2, -0.15) is 0 Å². The highest BCUT2D eigenvalue weighted by Gasteiger charge is 2.17. The lowest BCUT2D eigenvalue weighted by Crippen LogP contribution is -1.64. The van der Waals surface area contributed by atoms with Gasteiger partial charge >= 0.3 is 0 Å². The monoisotopic (exact) mass is 428 g/mol. The second-order valence-electron chi connectivity index (χ2n) is 6.55. The van der Waals surface area contributed by atoms with Crippen LogP contribution in [0.25, 0.3) is 49.7 Å². The van der Waals surface area contributed by atoms with E-state index in [9.17, 15) is 0 Å². The highest BCUT2D eigenvalue weighted by Crippen LogP contribution is 2.49. The maximum Gasteiger partial charge on any atom is 0.0781 e. The fourth-order valence-corrected chi connectivity index (χ4v) is 8.98. The van der Waals surface area contributed by atoms with Gasteiger partial charge in [-0.05, 0) is 36.8 Å². The Hall–Kier alpha value is -2.34. The van der Waals surface area contributed by atoms with Gasteiger partial charge in [0.15, 0.2) is 0 Å². The van der Waals surface area contributed by atoms with E-state index in [1.165, 1.54) is 49.7 Å². The van der Waals surface area contributed by atoms with E-state index in [0.717, 1.165) is 9.75 Å². The van der Waals surface area contributed by atoms with Gasteiger partial charge in [-0.25, -0.2) is 0 Å². The van der Waals surface area contributed by atoms with Crippen LogP contribution in [0.2, 0.25) is 0 Å². The van der Waals surface area contributed by atoms with Crippen molar-refractivity contribution in [3.63, 3.8) is 0 Å². The van der Waals surface area contributed by atoms with Crippen LogP contribution in [-0.4, -0.2) is 0 Å². The minimum Gasteiger partial charge on any atom is -0.132 e. The maximum atomic E-state index is 3.22. The number of hydrogen-bond acceptors (Lipinski definition) is 4. The Morgan fingerprint density at radius 2 is 0.964 bits per heavy atom. The van der Waals surface area contributed by atoms with Gasteiger partial charge in [0, 0.05) is 10.8 Å². The van der Waals surface area contributed by atoms with Gasteiger partial charge in [0.1, 0.15) is 0 Å². The fourth-order valence-electron chi connectivity index (χ4n) is 3.74. The van der Waals surface area contributed by atoms with Crippen LogP contribution in [0.1, 0.15) is 23.6 Å². The Morgan fingerprint density at radius 3 is 1.39 bits per heavy atom. The molecule has 4 heteroatoms. The number of thiophene rings is 4. The van der Waals surface area contributed by atoms with Gasteiger partial charge < -0.3 is 0 Å². The molecule has 6 rings (SSSR count). The van der Waals surface area contributed by atoms with Crippen molar-refractivity contribution in [2.45, 2.75) is 13.8 Å². The lowest BCUT2D eigenvalue weighted by molar-refractivity contribution is 1.88. The average Bonchev–Trinajstić information content (AvgIpc) is 3.41. The molecule has 6 aromatic rings. The largest absolute Gasteiger partial charge is 0.132 e. The molecule has 0 N–H and O–H groups in total. The summed E-state index contributed by atoms with van der Waals surface area (Å²) in [6.07, 6.45) is 0. The van der Waals surface area contributed by atoms with Crippen LogP contribution in [0.3, 0.4) is 0 Å². The molecular weight excluding hydrogens is 417 g/mol. The predicted molar refractivity (Wildman–Crippen MR) is 131 cm³/mol. The van der Waals surface area contributed by atoms with Crippen LogP contribution in [0, 0.1) is 23.7 Å². The van der Waals surface area contributed by atoms with E-state index in [0.29, 0.717) is 0 Å². The van der Waals surface area contributed by atoms with Crippen LogP contribution in [0.5, 0.6) is 0 Å². The summed E-state index contributed by atoms with van der Waals surface area (Å²) >= 11 is 7.50. The van der Waals surface area contributed by atoms with Crippen molar-refractivity contribution in [1.29, 1.82) is 0 Å². The number of hydrogen-bond donors (Lipinski definition) is 0. The molecule has 0 unspecified atom stereocenters. The number of rotatable bonds is 0. The highest BCUT2D eigenvalue weighted by atomic mass is 32.1. The third-order valence-electron chi connectivity index (χ3n) is 4.88. The standard InChI is InChI=1S/C24H12S4/c1-3-5-15-11-13-7-9-17-21(19(13)25-15)27-24-18-10-8-14-12-16(6-4-2)26-20(14)22(18)28-23(17)24/h7-12H,1-2H3. The van der Waals surface area contributed by atoms with E-state index in [2.05, 4.69) is 60.1 Å². The molecule has 0 aliphatic rings. The van der Waals surface area contributed by atoms with Crippen molar-refractivity contribution in [1.82, 2.24) is 0 Å². The average molecular weight is 429 g/mol. The van der Waals surface area contributed by atoms with Crippen molar-refractivity contribution in [3.05, 3.63) is 46.2 Å². The summed E-state index contributed by atoms with van der Waals surface area (Å²) in [6, 6.07) is 13.5. The normalized spacial score (nSPS) is 11.4. The molecule has 0 aliphatic carbocycles. The molecule has 0 nitrogen and oxygen atoms in total. The van der Waals surface area contributed by atoms with E-state index < -0.39 is 0 Å². The molecule has 0 amide bonds. The van der Waals surface area contributed by atoms with E-state index >= 15 is 0 Å². The molecule has 4 aromatic heterocycles. The zero-order valence-corrected chi connectivity index (χ0v) is 18.4. The van der Waals surface area contributed by atoms with Crippen LogP contribution < -0.4 is 0 Å². The lowest BCUT2D eigenvalue weighted by Gasteiger charge is -1.93. The molecular formula is C24H12S4. The number of fused-ring (bicyclic) bond motifs is 9. The van der Waals surface area contributed by atoms with Crippen molar-refractivity contribution in [3.8, 4) is 23.7 Å². The second-order valence-corrected chi connectivity index (χ2v) is 10.7. The molecule has 2 aromatic carbocycles. The summed E-state index contributed by atoms with van der Waals surface area (Å²) in [5.41, 5.74) is 0. The van der Waals surface area contributed by atoms with E-state index in [-0.39, 0.29) is 0 Å². The first-order valence-corrected chi connectivity index (χ1v) is 12.1. The summed E-state index contributed by atoms with van der Waals surface area (Å²) in [4.78, 5) is 2.30. The molecule has 0 bridgehead atoms. The third kappa shape index (κ3) is 2.24. The van der Waals surface area contributed by atoms with Crippen molar-refractivity contribution < 1.29 is 0 Å². The lowest BCUT2D eigenvalue weighted by atomic mass is 10.2. The van der Waals surface area contributed by atoms with Gasteiger partial charge in [-0.15, -0.1) is 57.2 Å². The second kappa shape index (κ2) is 6.08. The molecule has 0 saturated carbocycles. The Bertz CT molecular complexity index is 1560. The quantitative estimate of drug-likeness (QED) is 0.213. The summed E-state index contributed by atoms with van der Waals surface area (Å²) in [7, 11) is 0. The van der Waals surface area contributed by atoms with Crippen LogP contribution in [0.15, 0.2) is 36.4 Å². The first kappa shape index (κ1) is 16.6. The van der Waals surface area contributed by atoms with E-state index in [1.807, 2.05) is 59.2 Å². The zero-order chi connectivity index (χ0) is 18.8. The molecule has 132 valence electrons. The van der Waals surface area contributed by atoms with Crippen molar-refractivity contribution in [2.24, 2.45) is 0 Å². The van der Waals surface area contributed by atoms with Gasteiger partial charge in [0.05, 0.1) is 38.0 Å². The summed E-state index contributed by atoms with van der Waals surface area (Å²) in [5.74, 6) is 12.5. The fraction of sp³-hybridized carbons (Fsp3) is 0.0833. The first-order valence-electron chi connectivity index (χ1n) is 8.86. The third-order valence-corrected chi connectivity index (χ3v) is 9.95. The molecule has 28 heavy (non-hydrogen) atoms. The molecule has 0 aliphatic heterocycles.